The van der Waals surface area contributed by atoms with Crippen LogP contribution in [0.2, 0.25) is 0 Å². The Labute approximate surface area is 221 Å². The number of halogens is 2. The molecule has 216 valence electrons. The summed E-state index contributed by atoms with van der Waals surface area (Å²) in [6.45, 7) is 3.23. The van der Waals surface area contributed by atoms with Gasteiger partial charge in [0, 0.05) is 12.8 Å². The van der Waals surface area contributed by atoms with Crippen molar-refractivity contribution in [1.82, 2.24) is 16.1 Å². The van der Waals surface area contributed by atoms with Crippen LogP contribution in [-0.2, 0) is 35.4 Å². The van der Waals surface area contributed by atoms with Crippen molar-refractivity contribution in [1.29, 1.82) is 0 Å². The summed E-state index contributed by atoms with van der Waals surface area (Å²) >= 11 is 0. The Morgan fingerprint density at radius 3 is 1.90 bits per heavy atom. The Bertz CT molecular complexity index is 1030. The number of rotatable bonds is 18. The molecule has 13 nitrogen and oxygen atoms in total. The molecule has 1 aromatic carbocycles. The molecule has 39 heavy (non-hydrogen) atoms. The zero-order valence-electron chi connectivity index (χ0n) is 21.2. The van der Waals surface area contributed by atoms with Crippen LogP contribution >= 0.6 is 0 Å². The molecule has 1 aromatic rings. The SMILES string of the molecule is CC(C)C[C@H](NC(=O)[C@H](CCC(=O)O)NOCc1ccc(C(=O)O)cc1)C(=O)N[C@@H](CC(F)F)C(=O)C(=O)O. The number of benzene rings is 1. The lowest BCUT2D eigenvalue weighted by Gasteiger charge is -2.25. The van der Waals surface area contributed by atoms with E-state index in [0.717, 1.165) is 0 Å². The summed E-state index contributed by atoms with van der Waals surface area (Å²) < 4.78 is 25.7. The largest absolute Gasteiger partial charge is 0.481 e. The van der Waals surface area contributed by atoms with Crippen molar-refractivity contribution < 1.29 is 57.7 Å². The summed E-state index contributed by atoms with van der Waals surface area (Å²) in [7, 11) is 0. The van der Waals surface area contributed by atoms with Gasteiger partial charge in [-0.1, -0.05) is 26.0 Å². The van der Waals surface area contributed by atoms with E-state index in [4.69, 9.17) is 20.2 Å². The van der Waals surface area contributed by atoms with Gasteiger partial charge in [0.25, 0.3) is 5.78 Å². The van der Waals surface area contributed by atoms with Crippen molar-refractivity contribution in [2.45, 2.75) is 70.7 Å². The molecule has 0 fully saturated rings. The molecule has 15 heteroatoms. The number of carboxylic acid groups (broad SMARTS) is 3. The maximum atomic E-state index is 12.9. The minimum atomic E-state index is -3.10. The Morgan fingerprint density at radius 1 is 0.846 bits per heavy atom. The molecule has 0 aromatic heterocycles. The van der Waals surface area contributed by atoms with Gasteiger partial charge >= 0.3 is 17.9 Å². The predicted molar refractivity (Wildman–Crippen MR) is 129 cm³/mol. The van der Waals surface area contributed by atoms with E-state index >= 15 is 0 Å². The van der Waals surface area contributed by atoms with Gasteiger partial charge in [-0.05, 0) is 36.5 Å². The second-order valence-corrected chi connectivity index (χ2v) is 8.94. The predicted octanol–water partition coefficient (Wildman–Crippen LogP) is 0.964. The third-order valence-corrected chi connectivity index (χ3v) is 5.23. The van der Waals surface area contributed by atoms with Crippen LogP contribution in [0.25, 0.3) is 0 Å². The van der Waals surface area contributed by atoms with Crippen LogP contribution in [0.4, 0.5) is 8.78 Å². The van der Waals surface area contributed by atoms with Gasteiger partial charge in [-0.2, -0.15) is 5.48 Å². The van der Waals surface area contributed by atoms with Crippen molar-refractivity contribution in [3.05, 3.63) is 35.4 Å². The Hall–Kier alpha value is -3.98. The summed E-state index contributed by atoms with van der Waals surface area (Å²) in [6, 6.07) is 0.904. The average Bonchev–Trinajstić information content (AvgIpc) is 2.84. The lowest BCUT2D eigenvalue weighted by molar-refractivity contribution is -0.151. The number of carbonyl (C=O) groups is 6. The van der Waals surface area contributed by atoms with Crippen LogP contribution in [0.1, 0.15) is 55.5 Å². The number of hydrogen-bond donors (Lipinski definition) is 6. The van der Waals surface area contributed by atoms with Crippen molar-refractivity contribution in [2.75, 3.05) is 0 Å². The standard InChI is InChI=1S/C24H31F2N3O10/c1-12(2)9-17(22(34)27-16(10-18(25)26)20(32)24(37)38)28-21(33)15(7-8-19(30)31)29-39-11-13-3-5-14(6-4-13)23(35)36/h3-6,12,15-18,29H,7-11H2,1-2H3,(H,27,34)(H,28,33)(H,30,31)(H,35,36)(H,37,38)/t15-,16-,17-/m0/s1. The minimum absolute atomic E-state index is 0.0251. The monoisotopic (exact) mass is 559 g/mol. The van der Waals surface area contributed by atoms with Crippen LogP contribution in [0, 0.1) is 5.92 Å². The van der Waals surface area contributed by atoms with Gasteiger partial charge in [-0.15, -0.1) is 0 Å². The van der Waals surface area contributed by atoms with Crippen LogP contribution in [0.15, 0.2) is 24.3 Å². The average molecular weight is 560 g/mol. The summed E-state index contributed by atoms with van der Waals surface area (Å²) in [5.41, 5.74) is 2.97. The molecule has 0 spiro atoms. The second kappa shape index (κ2) is 16.1. The molecule has 0 aliphatic heterocycles. The van der Waals surface area contributed by atoms with E-state index in [9.17, 15) is 37.5 Å². The Balaban J connectivity index is 2.97. The Kier molecular flexibility index (Phi) is 13.6. The van der Waals surface area contributed by atoms with E-state index in [1.165, 1.54) is 24.3 Å². The lowest BCUT2D eigenvalue weighted by Crippen LogP contribution is -2.56. The minimum Gasteiger partial charge on any atom is -0.481 e. The smallest absolute Gasteiger partial charge is 0.374 e. The molecule has 6 N–H and O–H groups in total. The number of amides is 2. The molecule has 1 rings (SSSR count). The van der Waals surface area contributed by atoms with Gasteiger partial charge in [0.15, 0.2) is 0 Å². The summed E-state index contributed by atoms with van der Waals surface area (Å²) in [5.74, 6) is -8.19. The molecular weight excluding hydrogens is 528 g/mol. The molecule has 0 aliphatic carbocycles. The first kappa shape index (κ1) is 33.0. The molecule has 0 saturated heterocycles. The van der Waals surface area contributed by atoms with E-state index in [2.05, 4.69) is 10.8 Å². The quantitative estimate of drug-likeness (QED) is 0.110. The molecule has 0 heterocycles. The van der Waals surface area contributed by atoms with Gasteiger partial charge in [0.1, 0.15) is 18.1 Å². The van der Waals surface area contributed by atoms with Crippen LogP contribution in [0.5, 0.6) is 0 Å². The number of hydroxylamine groups is 1. The number of nitrogens with one attached hydrogen (secondary N) is 3. The lowest BCUT2D eigenvalue weighted by atomic mass is 10.0. The second-order valence-electron chi connectivity index (χ2n) is 8.94. The van der Waals surface area contributed by atoms with Gasteiger partial charge in [0.2, 0.25) is 18.2 Å². The zero-order valence-corrected chi connectivity index (χ0v) is 21.2. The van der Waals surface area contributed by atoms with Crippen LogP contribution in [-0.4, -0.2) is 75.4 Å². The third-order valence-electron chi connectivity index (χ3n) is 5.23. The highest BCUT2D eigenvalue weighted by Gasteiger charge is 2.33. The fraction of sp³-hybridized carbons (Fsp3) is 0.500. The fourth-order valence-electron chi connectivity index (χ4n) is 3.29. The Morgan fingerprint density at radius 2 is 1.41 bits per heavy atom. The number of Topliss-reactive ketones (excluding diaryl/α,β-unsaturated/α-hetero) is 1. The number of ketones is 1. The van der Waals surface area contributed by atoms with Gasteiger partial charge < -0.3 is 26.0 Å². The molecule has 0 unspecified atom stereocenters. The van der Waals surface area contributed by atoms with Gasteiger partial charge in [-0.25, -0.2) is 18.4 Å². The summed E-state index contributed by atoms with van der Waals surface area (Å²) in [4.78, 5) is 75.8. The third kappa shape index (κ3) is 12.4. The molecule has 2 amide bonds. The van der Waals surface area contributed by atoms with Crippen molar-refractivity contribution in [3.8, 4) is 0 Å². The highest BCUT2D eigenvalue weighted by molar-refractivity contribution is 6.35. The number of alkyl halides is 2. The zero-order chi connectivity index (χ0) is 29.7. The van der Waals surface area contributed by atoms with Crippen molar-refractivity contribution in [3.63, 3.8) is 0 Å². The number of carbonyl (C=O) groups excluding carboxylic acids is 3. The number of hydrogen-bond acceptors (Lipinski definition) is 8. The summed E-state index contributed by atoms with van der Waals surface area (Å²) in [6.07, 6.45) is -5.11. The first-order valence-electron chi connectivity index (χ1n) is 11.8. The van der Waals surface area contributed by atoms with Crippen LogP contribution in [0.3, 0.4) is 0 Å². The summed E-state index contributed by atoms with van der Waals surface area (Å²) in [5, 5.41) is 31.2. The highest BCUT2D eigenvalue weighted by Crippen LogP contribution is 2.11. The molecule has 0 saturated carbocycles. The molecule has 0 aliphatic rings. The van der Waals surface area contributed by atoms with E-state index in [0.29, 0.717) is 5.56 Å². The van der Waals surface area contributed by atoms with Crippen molar-refractivity contribution in [2.24, 2.45) is 5.92 Å². The fourth-order valence-corrected chi connectivity index (χ4v) is 3.29. The maximum Gasteiger partial charge on any atom is 0.374 e. The number of aromatic carboxylic acids is 1. The van der Waals surface area contributed by atoms with E-state index in [1.807, 2.05) is 5.32 Å². The molecule has 3 atom stereocenters. The molecule has 0 radical (unpaired) electrons. The molecular formula is C24H31F2N3O10. The van der Waals surface area contributed by atoms with E-state index in [1.54, 1.807) is 13.8 Å². The number of aliphatic carboxylic acids is 2. The van der Waals surface area contributed by atoms with E-state index in [-0.39, 0.29) is 30.9 Å². The number of carboxylic acids is 3. The molecule has 0 bridgehead atoms. The van der Waals surface area contributed by atoms with Gasteiger partial charge in [-0.3, -0.25) is 24.0 Å². The topological polar surface area (TPSA) is 208 Å². The van der Waals surface area contributed by atoms with Crippen molar-refractivity contribution >= 4 is 35.5 Å². The van der Waals surface area contributed by atoms with E-state index < -0.39 is 72.9 Å². The normalized spacial score (nSPS) is 13.4. The highest BCUT2D eigenvalue weighted by atomic mass is 19.3. The first-order chi connectivity index (χ1) is 18.2. The van der Waals surface area contributed by atoms with Crippen LogP contribution < -0.4 is 16.1 Å². The first-order valence-corrected chi connectivity index (χ1v) is 11.8. The van der Waals surface area contributed by atoms with Gasteiger partial charge in [0.05, 0.1) is 12.2 Å². The maximum absolute atomic E-state index is 12.9.